The van der Waals surface area contributed by atoms with Crippen molar-refractivity contribution in [2.45, 2.75) is 18.5 Å². The molecular weight excluding hydrogens is 248 g/mol. The summed E-state index contributed by atoms with van der Waals surface area (Å²) in [5.74, 6) is 0. The standard InChI is InChI=1S/C13H18N2O2S/c1-18(16,17)15-10-13(11-15)7-8-14(13)9-12-5-3-2-4-6-12/h2-6H,7-11H2,1H3. The molecule has 5 heteroatoms. The number of rotatable bonds is 3. The van der Waals surface area contributed by atoms with E-state index in [0.717, 1.165) is 19.5 Å². The van der Waals surface area contributed by atoms with E-state index >= 15 is 0 Å². The van der Waals surface area contributed by atoms with Crippen molar-refractivity contribution < 1.29 is 8.42 Å². The molecule has 0 aliphatic carbocycles. The summed E-state index contributed by atoms with van der Waals surface area (Å²) < 4.78 is 24.4. The van der Waals surface area contributed by atoms with Gasteiger partial charge in [0.25, 0.3) is 0 Å². The van der Waals surface area contributed by atoms with E-state index in [1.54, 1.807) is 4.31 Å². The Kier molecular flexibility index (Phi) is 2.73. The quantitative estimate of drug-likeness (QED) is 0.816. The van der Waals surface area contributed by atoms with Gasteiger partial charge >= 0.3 is 0 Å². The number of hydrogen-bond donors (Lipinski definition) is 0. The first-order valence-corrected chi connectivity index (χ1v) is 8.09. The fourth-order valence-corrected chi connectivity index (χ4v) is 3.79. The predicted octanol–water partition coefficient (Wildman–Crippen LogP) is 0.906. The minimum Gasteiger partial charge on any atom is -0.291 e. The molecule has 0 unspecified atom stereocenters. The van der Waals surface area contributed by atoms with Crippen LogP contribution in [0.2, 0.25) is 0 Å². The fourth-order valence-electron chi connectivity index (χ4n) is 2.84. The monoisotopic (exact) mass is 266 g/mol. The maximum atomic E-state index is 11.4. The highest BCUT2D eigenvalue weighted by Gasteiger charge is 2.55. The normalized spacial score (nSPS) is 23.6. The van der Waals surface area contributed by atoms with E-state index in [-0.39, 0.29) is 5.54 Å². The Labute approximate surface area is 108 Å². The molecule has 4 nitrogen and oxygen atoms in total. The van der Waals surface area contributed by atoms with Gasteiger partial charge in [-0.05, 0) is 12.0 Å². The van der Waals surface area contributed by atoms with E-state index < -0.39 is 10.0 Å². The summed E-state index contributed by atoms with van der Waals surface area (Å²) in [5.41, 5.74) is 1.42. The highest BCUT2D eigenvalue weighted by Crippen LogP contribution is 2.40. The maximum absolute atomic E-state index is 11.4. The Balaban J connectivity index is 1.64. The highest BCUT2D eigenvalue weighted by molar-refractivity contribution is 7.88. The van der Waals surface area contributed by atoms with Crippen LogP contribution in [-0.4, -0.2) is 49.1 Å². The van der Waals surface area contributed by atoms with Crippen molar-refractivity contribution >= 4 is 10.0 Å². The van der Waals surface area contributed by atoms with Crippen LogP contribution in [0.4, 0.5) is 0 Å². The van der Waals surface area contributed by atoms with Gasteiger partial charge in [-0.2, -0.15) is 4.31 Å². The van der Waals surface area contributed by atoms with Crippen molar-refractivity contribution in [2.24, 2.45) is 0 Å². The number of likely N-dealkylation sites (tertiary alicyclic amines) is 1. The third-order valence-electron chi connectivity index (χ3n) is 4.14. The van der Waals surface area contributed by atoms with Crippen molar-refractivity contribution in [3.63, 3.8) is 0 Å². The van der Waals surface area contributed by atoms with Crippen LogP contribution in [0.25, 0.3) is 0 Å². The van der Waals surface area contributed by atoms with Crippen molar-refractivity contribution in [1.29, 1.82) is 0 Å². The summed E-state index contributed by atoms with van der Waals surface area (Å²) in [6.45, 7) is 3.34. The minimum atomic E-state index is -3.00. The SMILES string of the molecule is CS(=O)(=O)N1CC2(CCN2Cc2ccccc2)C1. The van der Waals surface area contributed by atoms with E-state index in [1.165, 1.54) is 11.8 Å². The molecule has 98 valence electrons. The van der Waals surface area contributed by atoms with Crippen LogP contribution in [0, 0.1) is 0 Å². The highest BCUT2D eigenvalue weighted by atomic mass is 32.2. The lowest BCUT2D eigenvalue weighted by molar-refractivity contribution is -0.0969. The van der Waals surface area contributed by atoms with Crippen molar-refractivity contribution in [1.82, 2.24) is 9.21 Å². The Bertz CT molecular complexity index is 535. The predicted molar refractivity (Wildman–Crippen MR) is 70.6 cm³/mol. The van der Waals surface area contributed by atoms with Crippen molar-refractivity contribution in [3.05, 3.63) is 35.9 Å². The second kappa shape index (κ2) is 4.05. The lowest BCUT2D eigenvalue weighted by Gasteiger charge is -2.62. The summed E-state index contributed by atoms with van der Waals surface area (Å²) in [7, 11) is -3.00. The maximum Gasteiger partial charge on any atom is 0.211 e. The van der Waals surface area contributed by atoms with Crippen molar-refractivity contribution in [2.75, 3.05) is 25.9 Å². The summed E-state index contributed by atoms with van der Waals surface area (Å²) >= 11 is 0. The molecule has 0 N–H and O–H groups in total. The average molecular weight is 266 g/mol. The zero-order chi connectivity index (χ0) is 12.8. The van der Waals surface area contributed by atoms with E-state index in [1.807, 2.05) is 18.2 Å². The van der Waals surface area contributed by atoms with Crippen LogP contribution < -0.4 is 0 Å². The summed E-state index contributed by atoms with van der Waals surface area (Å²) in [6.07, 6.45) is 2.41. The van der Waals surface area contributed by atoms with Gasteiger partial charge in [-0.25, -0.2) is 8.42 Å². The van der Waals surface area contributed by atoms with E-state index in [9.17, 15) is 8.42 Å². The molecule has 0 aromatic heterocycles. The number of benzene rings is 1. The Hall–Kier alpha value is -0.910. The first kappa shape index (κ1) is 12.1. The van der Waals surface area contributed by atoms with Gasteiger partial charge in [-0.3, -0.25) is 4.90 Å². The van der Waals surface area contributed by atoms with Crippen LogP contribution in [-0.2, 0) is 16.6 Å². The van der Waals surface area contributed by atoms with Gasteiger partial charge in [-0.1, -0.05) is 30.3 Å². The second-order valence-corrected chi connectivity index (χ2v) is 7.39. The molecule has 2 saturated heterocycles. The first-order valence-electron chi connectivity index (χ1n) is 6.24. The fraction of sp³-hybridized carbons (Fsp3) is 0.538. The Morgan fingerprint density at radius 3 is 2.39 bits per heavy atom. The summed E-state index contributed by atoms with van der Waals surface area (Å²) in [5, 5.41) is 0. The lowest BCUT2D eigenvalue weighted by Crippen LogP contribution is -2.76. The van der Waals surface area contributed by atoms with Crippen LogP contribution in [0.3, 0.4) is 0 Å². The molecule has 1 aromatic rings. The number of hydrogen-bond acceptors (Lipinski definition) is 3. The molecule has 1 aromatic carbocycles. The Morgan fingerprint density at radius 1 is 1.22 bits per heavy atom. The third-order valence-corrected chi connectivity index (χ3v) is 5.34. The molecule has 2 aliphatic rings. The van der Waals surface area contributed by atoms with E-state index in [2.05, 4.69) is 17.0 Å². The largest absolute Gasteiger partial charge is 0.291 e. The summed E-state index contributed by atoms with van der Waals surface area (Å²) in [4.78, 5) is 2.41. The molecule has 0 bridgehead atoms. The molecule has 3 rings (SSSR count). The molecule has 18 heavy (non-hydrogen) atoms. The van der Waals surface area contributed by atoms with Crippen LogP contribution in [0.1, 0.15) is 12.0 Å². The molecule has 0 atom stereocenters. The van der Waals surface area contributed by atoms with Gasteiger partial charge in [0.1, 0.15) is 0 Å². The lowest BCUT2D eigenvalue weighted by atomic mass is 9.79. The first-order chi connectivity index (χ1) is 8.50. The van der Waals surface area contributed by atoms with Gasteiger partial charge in [0, 0.05) is 26.2 Å². The topological polar surface area (TPSA) is 40.6 Å². The van der Waals surface area contributed by atoms with Gasteiger partial charge < -0.3 is 0 Å². The van der Waals surface area contributed by atoms with Gasteiger partial charge in [0.15, 0.2) is 0 Å². The average Bonchev–Trinajstić information content (AvgIpc) is 2.22. The van der Waals surface area contributed by atoms with Crippen LogP contribution >= 0.6 is 0 Å². The van der Waals surface area contributed by atoms with Gasteiger partial charge in [-0.15, -0.1) is 0 Å². The molecular formula is C13H18N2O2S. The molecule has 0 radical (unpaired) electrons. The van der Waals surface area contributed by atoms with E-state index in [4.69, 9.17) is 0 Å². The number of nitrogens with zero attached hydrogens (tertiary/aromatic N) is 2. The van der Waals surface area contributed by atoms with Crippen molar-refractivity contribution in [3.8, 4) is 0 Å². The smallest absolute Gasteiger partial charge is 0.211 e. The molecule has 2 aliphatic heterocycles. The molecule has 2 fully saturated rings. The molecule has 1 spiro atoms. The van der Waals surface area contributed by atoms with E-state index in [0.29, 0.717) is 13.1 Å². The molecule has 2 heterocycles. The zero-order valence-corrected chi connectivity index (χ0v) is 11.4. The molecule has 0 saturated carbocycles. The Morgan fingerprint density at radius 2 is 1.89 bits per heavy atom. The van der Waals surface area contributed by atoms with Gasteiger partial charge in [0.05, 0.1) is 11.8 Å². The van der Waals surface area contributed by atoms with Crippen LogP contribution in [0.15, 0.2) is 30.3 Å². The number of sulfonamides is 1. The zero-order valence-electron chi connectivity index (χ0n) is 10.5. The van der Waals surface area contributed by atoms with Crippen LogP contribution in [0.5, 0.6) is 0 Å². The minimum absolute atomic E-state index is 0.124. The summed E-state index contributed by atoms with van der Waals surface area (Å²) in [6, 6.07) is 10.4. The molecule has 0 amide bonds. The second-order valence-electron chi connectivity index (χ2n) is 5.41. The van der Waals surface area contributed by atoms with Gasteiger partial charge in [0.2, 0.25) is 10.0 Å². The third kappa shape index (κ3) is 1.96.